The largest absolute Gasteiger partial charge is 0.457 e. The van der Waals surface area contributed by atoms with E-state index in [1.807, 2.05) is 60.7 Å². The van der Waals surface area contributed by atoms with E-state index in [4.69, 9.17) is 4.74 Å². The SMILES string of the molecule is O=C1CSc2ccc(NC(=O)C3c4ccccc4Oc4ccccc43)cc2N1. The number of anilines is 2. The van der Waals surface area contributed by atoms with E-state index in [2.05, 4.69) is 10.6 Å². The lowest BCUT2D eigenvalue weighted by molar-refractivity contribution is -0.117. The number of benzene rings is 3. The van der Waals surface area contributed by atoms with E-state index in [1.54, 1.807) is 6.07 Å². The summed E-state index contributed by atoms with van der Waals surface area (Å²) in [6.07, 6.45) is 0. The molecule has 2 aliphatic rings. The molecule has 2 aliphatic heterocycles. The molecule has 138 valence electrons. The summed E-state index contributed by atoms with van der Waals surface area (Å²) in [6, 6.07) is 20.8. The van der Waals surface area contributed by atoms with Crippen LogP contribution in [0.3, 0.4) is 0 Å². The quantitative estimate of drug-likeness (QED) is 0.673. The third kappa shape index (κ3) is 2.92. The Bertz CT molecular complexity index is 1070. The first kappa shape index (κ1) is 16.9. The van der Waals surface area contributed by atoms with E-state index >= 15 is 0 Å². The number of carbonyl (C=O) groups excluding carboxylic acids is 2. The molecule has 0 saturated carbocycles. The highest BCUT2D eigenvalue weighted by Crippen LogP contribution is 2.44. The number of ether oxygens (including phenoxy) is 1. The summed E-state index contributed by atoms with van der Waals surface area (Å²) in [6.45, 7) is 0. The van der Waals surface area contributed by atoms with Crippen LogP contribution in [0.5, 0.6) is 11.5 Å². The van der Waals surface area contributed by atoms with Gasteiger partial charge in [-0.25, -0.2) is 0 Å². The molecule has 5 rings (SSSR count). The maximum Gasteiger partial charge on any atom is 0.236 e. The van der Waals surface area contributed by atoms with Crippen molar-refractivity contribution in [3.8, 4) is 11.5 Å². The molecule has 5 nitrogen and oxygen atoms in total. The Morgan fingerprint density at radius 3 is 2.39 bits per heavy atom. The van der Waals surface area contributed by atoms with E-state index < -0.39 is 5.92 Å². The van der Waals surface area contributed by atoms with Crippen LogP contribution in [0.25, 0.3) is 0 Å². The fraction of sp³-hybridized carbons (Fsp3) is 0.0909. The van der Waals surface area contributed by atoms with Crippen molar-refractivity contribution in [1.29, 1.82) is 0 Å². The number of nitrogens with one attached hydrogen (secondary N) is 2. The lowest BCUT2D eigenvalue weighted by Crippen LogP contribution is -2.25. The van der Waals surface area contributed by atoms with Gasteiger partial charge in [0.15, 0.2) is 0 Å². The number of para-hydroxylation sites is 2. The van der Waals surface area contributed by atoms with E-state index in [1.165, 1.54) is 11.8 Å². The normalized spacial score (nSPS) is 14.8. The van der Waals surface area contributed by atoms with Crippen LogP contribution >= 0.6 is 11.8 Å². The number of hydrogen-bond acceptors (Lipinski definition) is 4. The van der Waals surface area contributed by atoms with Gasteiger partial charge in [0, 0.05) is 21.7 Å². The second kappa shape index (κ2) is 6.73. The Morgan fingerprint density at radius 1 is 1.00 bits per heavy atom. The molecular formula is C22H16N2O3S. The fourth-order valence-electron chi connectivity index (χ4n) is 3.57. The topological polar surface area (TPSA) is 67.4 Å². The summed E-state index contributed by atoms with van der Waals surface area (Å²) < 4.78 is 5.96. The molecule has 2 heterocycles. The van der Waals surface area contributed by atoms with Crippen LogP contribution in [-0.4, -0.2) is 17.6 Å². The molecule has 28 heavy (non-hydrogen) atoms. The third-order valence-electron chi connectivity index (χ3n) is 4.82. The summed E-state index contributed by atoms with van der Waals surface area (Å²) in [5.41, 5.74) is 3.04. The smallest absolute Gasteiger partial charge is 0.236 e. The predicted octanol–water partition coefficient (Wildman–Crippen LogP) is 4.61. The van der Waals surface area contributed by atoms with E-state index in [-0.39, 0.29) is 11.8 Å². The molecule has 0 spiro atoms. The highest BCUT2D eigenvalue weighted by molar-refractivity contribution is 8.00. The minimum absolute atomic E-state index is 0.0340. The lowest BCUT2D eigenvalue weighted by atomic mass is 9.87. The Hall–Kier alpha value is -3.25. The minimum atomic E-state index is -0.471. The summed E-state index contributed by atoms with van der Waals surface area (Å²) in [4.78, 5) is 25.9. The van der Waals surface area contributed by atoms with Crippen molar-refractivity contribution in [1.82, 2.24) is 0 Å². The van der Waals surface area contributed by atoms with Crippen LogP contribution in [0.4, 0.5) is 11.4 Å². The van der Waals surface area contributed by atoms with Crippen molar-refractivity contribution in [2.45, 2.75) is 10.8 Å². The molecule has 0 fully saturated rings. The first-order valence-corrected chi connectivity index (χ1v) is 9.91. The van der Waals surface area contributed by atoms with Crippen LogP contribution in [-0.2, 0) is 9.59 Å². The standard InChI is InChI=1S/C22H16N2O3S/c25-20-12-28-19-10-9-13(11-16(19)24-20)23-22(26)21-14-5-1-3-7-17(14)27-18-8-4-2-6-15(18)21/h1-11,21H,12H2,(H,23,26)(H,24,25). The van der Waals surface area contributed by atoms with Crippen LogP contribution in [0.2, 0.25) is 0 Å². The Balaban J connectivity index is 1.49. The van der Waals surface area contributed by atoms with Gasteiger partial charge in [-0.3, -0.25) is 9.59 Å². The number of thioether (sulfide) groups is 1. The van der Waals surface area contributed by atoms with Crippen molar-refractivity contribution in [2.24, 2.45) is 0 Å². The maximum atomic E-state index is 13.3. The molecule has 0 aliphatic carbocycles. The van der Waals surface area contributed by atoms with E-state index in [9.17, 15) is 9.59 Å². The molecule has 2 amide bonds. The van der Waals surface area contributed by atoms with E-state index in [0.717, 1.165) is 21.7 Å². The molecule has 0 bridgehead atoms. The molecule has 0 radical (unpaired) electrons. The maximum absolute atomic E-state index is 13.3. The highest BCUT2D eigenvalue weighted by atomic mass is 32.2. The second-order valence-corrected chi connectivity index (χ2v) is 7.66. The van der Waals surface area contributed by atoms with Gasteiger partial charge in [-0.1, -0.05) is 36.4 Å². The number of fused-ring (bicyclic) bond motifs is 3. The van der Waals surface area contributed by atoms with Crippen LogP contribution in [0.15, 0.2) is 71.6 Å². The van der Waals surface area contributed by atoms with Crippen molar-refractivity contribution >= 4 is 35.0 Å². The zero-order valence-electron chi connectivity index (χ0n) is 14.8. The van der Waals surface area contributed by atoms with Crippen molar-refractivity contribution in [3.05, 3.63) is 77.9 Å². The average Bonchev–Trinajstić information content (AvgIpc) is 2.71. The van der Waals surface area contributed by atoms with Gasteiger partial charge in [0.25, 0.3) is 0 Å². The molecule has 0 atom stereocenters. The van der Waals surface area contributed by atoms with Gasteiger partial charge in [-0.05, 0) is 30.3 Å². The predicted molar refractivity (Wildman–Crippen MR) is 109 cm³/mol. The molecule has 0 unspecified atom stereocenters. The molecule has 0 saturated heterocycles. The molecule has 0 aromatic heterocycles. The summed E-state index contributed by atoms with van der Waals surface area (Å²) >= 11 is 1.49. The Labute approximate surface area is 166 Å². The van der Waals surface area contributed by atoms with E-state index in [0.29, 0.717) is 22.9 Å². The van der Waals surface area contributed by atoms with Crippen molar-refractivity contribution < 1.29 is 14.3 Å². The summed E-state index contributed by atoms with van der Waals surface area (Å²) in [5.74, 6) is 1.15. The van der Waals surface area contributed by atoms with Crippen molar-refractivity contribution in [3.63, 3.8) is 0 Å². The summed E-state index contributed by atoms with van der Waals surface area (Å²) in [5, 5.41) is 5.86. The molecule has 3 aromatic carbocycles. The van der Waals surface area contributed by atoms with Gasteiger partial charge < -0.3 is 15.4 Å². The Kier molecular flexibility index (Phi) is 4.06. The number of rotatable bonds is 2. The van der Waals surface area contributed by atoms with Gasteiger partial charge in [-0.15, -0.1) is 11.8 Å². The van der Waals surface area contributed by atoms with Gasteiger partial charge in [-0.2, -0.15) is 0 Å². The first-order valence-electron chi connectivity index (χ1n) is 8.92. The monoisotopic (exact) mass is 388 g/mol. The van der Waals surface area contributed by atoms with Gasteiger partial charge >= 0.3 is 0 Å². The zero-order chi connectivity index (χ0) is 19.1. The highest BCUT2D eigenvalue weighted by Gasteiger charge is 2.32. The van der Waals surface area contributed by atoms with Gasteiger partial charge in [0.05, 0.1) is 17.4 Å². The second-order valence-electron chi connectivity index (χ2n) is 6.65. The fourth-order valence-corrected chi connectivity index (χ4v) is 4.36. The number of hydrogen-bond donors (Lipinski definition) is 2. The van der Waals surface area contributed by atoms with Crippen LogP contribution in [0.1, 0.15) is 17.0 Å². The third-order valence-corrected chi connectivity index (χ3v) is 5.90. The first-order chi connectivity index (χ1) is 13.7. The number of carbonyl (C=O) groups is 2. The molecule has 6 heteroatoms. The van der Waals surface area contributed by atoms with Gasteiger partial charge in [0.1, 0.15) is 11.5 Å². The molecular weight excluding hydrogens is 372 g/mol. The zero-order valence-corrected chi connectivity index (χ0v) is 15.6. The van der Waals surface area contributed by atoms with Gasteiger partial charge in [0.2, 0.25) is 11.8 Å². The van der Waals surface area contributed by atoms with Crippen LogP contribution in [0, 0.1) is 0 Å². The summed E-state index contributed by atoms with van der Waals surface area (Å²) in [7, 11) is 0. The van der Waals surface area contributed by atoms with Crippen LogP contribution < -0.4 is 15.4 Å². The Morgan fingerprint density at radius 2 is 1.68 bits per heavy atom. The minimum Gasteiger partial charge on any atom is -0.457 e. The molecule has 3 aromatic rings. The molecule has 2 N–H and O–H groups in total. The van der Waals surface area contributed by atoms with Crippen molar-refractivity contribution in [2.75, 3.05) is 16.4 Å². The average molecular weight is 388 g/mol. The lowest BCUT2D eigenvalue weighted by Gasteiger charge is -2.27. The number of amides is 2.